The molecule has 1 aliphatic carbocycles. The molecule has 2 aromatic heterocycles. The smallest absolute Gasteiger partial charge is 0.353 e. The highest BCUT2D eigenvalue weighted by Gasteiger charge is 2.41. The van der Waals surface area contributed by atoms with Crippen molar-refractivity contribution in [3.63, 3.8) is 0 Å². The largest absolute Gasteiger partial charge is 0.391 e. The van der Waals surface area contributed by atoms with Gasteiger partial charge in [-0.3, -0.25) is 9.59 Å². The summed E-state index contributed by atoms with van der Waals surface area (Å²) in [5.74, 6) is -2.19. The summed E-state index contributed by atoms with van der Waals surface area (Å²) in [6, 6.07) is 4.13. The highest BCUT2D eigenvalue weighted by Crippen LogP contribution is 2.38. The molecule has 1 fully saturated rings. The average molecular weight is 679 g/mol. The maximum absolute atomic E-state index is 13.3. The fourth-order valence-corrected chi connectivity index (χ4v) is 5.51. The molecule has 0 unspecified atom stereocenters. The first-order valence-corrected chi connectivity index (χ1v) is 15.0. The number of nitrogens with one attached hydrogen (secondary N) is 4. The predicted octanol–water partition coefficient (Wildman–Crippen LogP) is 7.22. The molecule has 246 valence electrons. The fourth-order valence-electron chi connectivity index (χ4n) is 4.98. The summed E-state index contributed by atoms with van der Waals surface area (Å²) < 4.78 is 65.9. The molecule has 0 saturated heterocycles. The van der Waals surface area contributed by atoms with E-state index < -0.39 is 42.4 Å². The van der Waals surface area contributed by atoms with Crippen molar-refractivity contribution in [3.05, 3.63) is 39.4 Å². The van der Waals surface area contributed by atoms with Gasteiger partial charge in [0.2, 0.25) is 11.9 Å². The molecule has 0 atom stereocenters. The number of fused-ring (bicyclic) bond motifs is 1. The number of rotatable bonds is 9. The Morgan fingerprint density at radius 3 is 2.36 bits per heavy atom. The molecule has 2 amide bonds. The molecule has 3 aromatic rings. The first-order chi connectivity index (χ1) is 20.9. The van der Waals surface area contributed by atoms with E-state index in [1.54, 1.807) is 32.9 Å². The SMILES string of the molecule is CN(CC(F)F)c1nc2[nH]c(Nc3c(Cl)ccc(CNC(=O)C(C)(C)C)c3Cl)nc2cc1C(=O)N[C@H]1CC[C@H](C(F)(F)F)CC1. The molecular formula is C29H34Cl2F5N7O2. The number of imidazole rings is 1. The van der Waals surface area contributed by atoms with Crippen molar-refractivity contribution < 1.29 is 31.5 Å². The molecule has 16 heteroatoms. The molecule has 0 aliphatic heterocycles. The first kappa shape index (κ1) is 34.5. The molecule has 1 saturated carbocycles. The van der Waals surface area contributed by atoms with E-state index in [1.165, 1.54) is 13.1 Å². The lowest BCUT2D eigenvalue weighted by Crippen LogP contribution is -2.40. The van der Waals surface area contributed by atoms with Gasteiger partial charge in [0, 0.05) is 25.0 Å². The number of halogens is 7. The van der Waals surface area contributed by atoms with Gasteiger partial charge in [-0.05, 0) is 43.4 Å². The van der Waals surface area contributed by atoms with Crippen LogP contribution in [0.1, 0.15) is 62.4 Å². The summed E-state index contributed by atoms with van der Waals surface area (Å²) in [7, 11) is 1.35. The van der Waals surface area contributed by atoms with Crippen LogP contribution in [0, 0.1) is 11.3 Å². The molecule has 0 bridgehead atoms. The number of H-pyrrole nitrogens is 1. The lowest BCUT2D eigenvalue weighted by molar-refractivity contribution is -0.182. The zero-order valence-corrected chi connectivity index (χ0v) is 26.5. The number of nitrogens with zero attached hydrogens (tertiary/aromatic N) is 3. The molecule has 1 aromatic carbocycles. The Morgan fingerprint density at radius 1 is 1.09 bits per heavy atom. The molecular weight excluding hydrogens is 644 g/mol. The van der Waals surface area contributed by atoms with Crippen LogP contribution in [-0.2, 0) is 11.3 Å². The monoisotopic (exact) mass is 677 g/mol. The third-order valence-corrected chi connectivity index (χ3v) is 8.28. The number of carbonyl (C=O) groups is 2. The fraction of sp³-hybridized carbons (Fsp3) is 0.517. The topological polar surface area (TPSA) is 115 Å². The van der Waals surface area contributed by atoms with Gasteiger partial charge in [0.1, 0.15) is 11.3 Å². The summed E-state index contributed by atoms with van der Waals surface area (Å²) in [4.78, 5) is 38.5. The normalized spacial score (nSPS) is 17.4. The van der Waals surface area contributed by atoms with Crippen LogP contribution in [0.3, 0.4) is 0 Å². The second-order valence-electron chi connectivity index (χ2n) is 12.1. The Balaban J connectivity index is 1.60. The number of hydrogen-bond acceptors (Lipinski definition) is 6. The molecule has 45 heavy (non-hydrogen) atoms. The molecule has 4 N–H and O–H groups in total. The maximum atomic E-state index is 13.3. The van der Waals surface area contributed by atoms with Gasteiger partial charge in [-0.2, -0.15) is 13.2 Å². The van der Waals surface area contributed by atoms with E-state index in [9.17, 15) is 31.5 Å². The Morgan fingerprint density at radius 2 is 1.76 bits per heavy atom. The highest BCUT2D eigenvalue weighted by molar-refractivity contribution is 6.39. The van der Waals surface area contributed by atoms with Gasteiger partial charge in [-0.15, -0.1) is 0 Å². The lowest BCUT2D eigenvalue weighted by atomic mass is 9.85. The Kier molecular flexibility index (Phi) is 10.4. The number of benzene rings is 1. The number of aromatic nitrogens is 3. The number of anilines is 3. The highest BCUT2D eigenvalue weighted by atomic mass is 35.5. The van der Waals surface area contributed by atoms with Crippen molar-refractivity contribution in [1.29, 1.82) is 0 Å². The minimum absolute atomic E-state index is 0.0608. The summed E-state index contributed by atoms with van der Waals surface area (Å²) in [6.07, 6.45) is -7.00. The zero-order valence-electron chi connectivity index (χ0n) is 25.0. The van der Waals surface area contributed by atoms with E-state index in [0.717, 1.165) is 4.90 Å². The quantitative estimate of drug-likeness (QED) is 0.178. The molecule has 0 radical (unpaired) electrons. The zero-order chi connectivity index (χ0) is 33.3. The number of pyridine rings is 1. The molecule has 1 aliphatic rings. The van der Waals surface area contributed by atoms with E-state index in [0.29, 0.717) is 5.56 Å². The number of alkyl halides is 5. The van der Waals surface area contributed by atoms with Gasteiger partial charge in [0.05, 0.1) is 33.8 Å². The molecule has 2 heterocycles. The summed E-state index contributed by atoms with van der Waals surface area (Å²) in [6.45, 7) is 4.76. The summed E-state index contributed by atoms with van der Waals surface area (Å²) in [5, 5.41) is 9.02. The van der Waals surface area contributed by atoms with Crippen LogP contribution in [0.5, 0.6) is 0 Å². The van der Waals surface area contributed by atoms with Crippen molar-refractivity contribution in [2.24, 2.45) is 11.3 Å². The predicted molar refractivity (Wildman–Crippen MR) is 163 cm³/mol. The van der Waals surface area contributed by atoms with Crippen LogP contribution in [0.15, 0.2) is 18.2 Å². The second kappa shape index (κ2) is 13.5. The Hall–Kier alpha value is -3.39. The van der Waals surface area contributed by atoms with Crippen molar-refractivity contribution in [3.8, 4) is 0 Å². The minimum Gasteiger partial charge on any atom is -0.353 e. The van der Waals surface area contributed by atoms with E-state index in [4.69, 9.17) is 23.2 Å². The Labute approximate surface area is 266 Å². The van der Waals surface area contributed by atoms with Gasteiger partial charge in [-0.25, -0.2) is 18.7 Å². The number of carbonyl (C=O) groups excluding carboxylic acids is 2. The Bertz CT molecular complexity index is 1550. The summed E-state index contributed by atoms with van der Waals surface area (Å²) >= 11 is 13.0. The van der Waals surface area contributed by atoms with Crippen molar-refractivity contribution >= 4 is 63.6 Å². The number of amides is 2. The van der Waals surface area contributed by atoms with E-state index in [1.807, 2.05) is 0 Å². The first-order valence-electron chi connectivity index (χ1n) is 14.2. The van der Waals surface area contributed by atoms with Gasteiger partial charge in [0.15, 0.2) is 5.65 Å². The summed E-state index contributed by atoms with van der Waals surface area (Å²) in [5.41, 5.74) is 0.563. The molecule has 0 spiro atoms. The van der Waals surface area contributed by atoms with Gasteiger partial charge >= 0.3 is 6.18 Å². The van der Waals surface area contributed by atoms with Crippen LogP contribution in [0.4, 0.5) is 39.4 Å². The third kappa shape index (κ3) is 8.46. The standard InChI is InChI=1S/C29H34Cl2F5N7O2/c1-28(2,3)26(45)37-12-14-5-10-18(30)22(21(14)31)40-27-39-19-11-17(24(41-23(19)42-27)43(4)13-20(32)33)25(44)38-16-8-6-15(7-9-16)29(34,35)36/h5,10-11,15-16,20H,6-9,12-13H2,1-4H3,(H,37,45)(H,38,44)(H2,39,40,41,42)/t15-,16-. The van der Waals surface area contributed by atoms with Gasteiger partial charge in [-0.1, -0.05) is 50.0 Å². The van der Waals surface area contributed by atoms with Crippen LogP contribution in [0.25, 0.3) is 11.2 Å². The third-order valence-electron chi connectivity index (χ3n) is 7.53. The average Bonchev–Trinajstić information content (AvgIpc) is 3.34. The van der Waals surface area contributed by atoms with Crippen molar-refractivity contribution in [2.75, 3.05) is 23.8 Å². The van der Waals surface area contributed by atoms with E-state index >= 15 is 0 Å². The second-order valence-corrected chi connectivity index (χ2v) is 12.9. The maximum Gasteiger partial charge on any atom is 0.391 e. The van der Waals surface area contributed by atoms with Crippen LogP contribution in [0.2, 0.25) is 10.0 Å². The van der Waals surface area contributed by atoms with Crippen LogP contribution in [-0.4, -0.2) is 59.0 Å². The molecule has 4 rings (SSSR count). The molecule has 9 nitrogen and oxygen atoms in total. The number of aromatic amines is 1. The minimum atomic E-state index is -4.29. The van der Waals surface area contributed by atoms with Crippen molar-refractivity contribution in [1.82, 2.24) is 25.6 Å². The lowest BCUT2D eigenvalue weighted by Gasteiger charge is -2.30. The van der Waals surface area contributed by atoms with Crippen molar-refractivity contribution in [2.45, 2.75) is 71.6 Å². The van der Waals surface area contributed by atoms with E-state index in [2.05, 4.69) is 30.9 Å². The van der Waals surface area contributed by atoms with E-state index in [-0.39, 0.29) is 82.4 Å². The van der Waals surface area contributed by atoms with Crippen LogP contribution >= 0.6 is 23.2 Å². The van der Waals surface area contributed by atoms with Gasteiger partial charge < -0.3 is 25.8 Å². The number of hydrogen-bond donors (Lipinski definition) is 4. The van der Waals surface area contributed by atoms with Gasteiger partial charge in [0.25, 0.3) is 12.3 Å². The van der Waals surface area contributed by atoms with Crippen LogP contribution < -0.4 is 20.9 Å².